The maximum Gasteiger partial charge on any atom is 0.185 e. The van der Waals surface area contributed by atoms with Crippen LogP contribution in [-0.2, 0) is 9.26 Å². The third-order valence-electron chi connectivity index (χ3n) is 8.73. The molecular weight excluding hydrogens is 390 g/mol. The number of aliphatic hydroxyl groups is 1. The van der Waals surface area contributed by atoms with Crippen LogP contribution in [0.1, 0.15) is 58.3 Å². The zero-order valence-corrected chi connectivity index (χ0v) is 20.4. The Hall–Kier alpha value is -1.09. The van der Waals surface area contributed by atoms with E-state index in [-0.39, 0.29) is 5.41 Å². The van der Waals surface area contributed by atoms with E-state index in [2.05, 4.69) is 43.7 Å². The highest BCUT2D eigenvalue weighted by molar-refractivity contribution is 6.69. The Kier molecular flexibility index (Phi) is 5.75. The maximum atomic E-state index is 11.4. The molecule has 30 heavy (non-hydrogen) atoms. The lowest BCUT2D eigenvalue weighted by atomic mass is 9.49. The standard InChI is InChI=1S/C25H39NO3Si/c1-7-24-14-13-20-19-12-10-18(26-28-3)15-17(19)9-11-21(20)22(24)16-23(27)25(24,8-2)29-30(4,5)6/h2,15,19-23,27H,7,9-14,16H2,1,3-6H3/b26-18+. The number of allylic oxidation sites excluding steroid dienone is 2. The molecule has 3 fully saturated rings. The number of aliphatic hydroxyl groups excluding tert-OH is 1. The number of nitrogens with zero attached hydrogens (tertiary/aromatic N) is 1. The second kappa shape index (κ2) is 7.80. The zero-order chi connectivity index (χ0) is 21.7. The molecule has 4 aliphatic rings. The molecule has 166 valence electrons. The molecule has 0 spiro atoms. The smallest absolute Gasteiger partial charge is 0.185 e. The van der Waals surface area contributed by atoms with Crippen LogP contribution in [0.25, 0.3) is 0 Å². The summed E-state index contributed by atoms with van der Waals surface area (Å²) in [4.78, 5) is 5.03. The van der Waals surface area contributed by atoms with Crippen LogP contribution in [0, 0.1) is 41.4 Å². The normalized spacial score (nSPS) is 44.5. The summed E-state index contributed by atoms with van der Waals surface area (Å²) in [5.41, 5.74) is 1.75. The maximum absolute atomic E-state index is 11.4. The van der Waals surface area contributed by atoms with Crippen molar-refractivity contribution in [3.05, 3.63) is 11.6 Å². The van der Waals surface area contributed by atoms with Crippen LogP contribution in [0.5, 0.6) is 0 Å². The molecule has 3 saturated carbocycles. The lowest BCUT2D eigenvalue weighted by Gasteiger charge is -2.57. The molecule has 4 nitrogen and oxygen atoms in total. The lowest BCUT2D eigenvalue weighted by Crippen LogP contribution is -2.60. The minimum atomic E-state index is -1.92. The summed E-state index contributed by atoms with van der Waals surface area (Å²) in [6, 6.07) is 0. The predicted octanol–water partition coefficient (Wildman–Crippen LogP) is 5.15. The first-order valence-corrected chi connectivity index (χ1v) is 15.3. The quantitative estimate of drug-likeness (QED) is 0.382. The Labute approximate surface area is 183 Å². The summed E-state index contributed by atoms with van der Waals surface area (Å²) >= 11 is 0. The van der Waals surface area contributed by atoms with Crippen molar-refractivity contribution in [3.8, 4) is 12.3 Å². The van der Waals surface area contributed by atoms with E-state index in [1.54, 1.807) is 12.7 Å². The molecule has 0 amide bonds. The Morgan fingerprint density at radius 3 is 2.63 bits per heavy atom. The van der Waals surface area contributed by atoms with Gasteiger partial charge in [0.1, 0.15) is 12.7 Å². The van der Waals surface area contributed by atoms with E-state index in [4.69, 9.17) is 15.7 Å². The van der Waals surface area contributed by atoms with Crippen molar-refractivity contribution in [1.29, 1.82) is 0 Å². The number of hydrogen-bond donors (Lipinski definition) is 1. The number of rotatable bonds is 4. The molecule has 0 aliphatic heterocycles. The van der Waals surface area contributed by atoms with E-state index in [1.807, 2.05) is 0 Å². The van der Waals surface area contributed by atoms with Crippen LogP contribution in [-0.4, -0.2) is 38.0 Å². The number of terminal acetylenes is 1. The lowest BCUT2D eigenvalue weighted by molar-refractivity contribution is -0.113. The number of oxime groups is 1. The fraction of sp³-hybridized carbons (Fsp3) is 0.800. The third kappa shape index (κ3) is 3.22. The van der Waals surface area contributed by atoms with E-state index >= 15 is 0 Å². The van der Waals surface area contributed by atoms with Crippen LogP contribution < -0.4 is 0 Å². The van der Waals surface area contributed by atoms with Crippen molar-refractivity contribution in [3.63, 3.8) is 0 Å². The van der Waals surface area contributed by atoms with Crippen molar-refractivity contribution in [2.75, 3.05) is 7.11 Å². The van der Waals surface area contributed by atoms with Crippen LogP contribution in [0.2, 0.25) is 19.6 Å². The molecule has 5 heteroatoms. The summed E-state index contributed by atoms with van der Waals surface area (Å²) in [5, 5.41) is 15.6. The summed E-state index contributed by atoms with van der Waals surface area (Å²) in [5.74, 6) is 5.52. The fourth-order valence-electron chi connectivity index (χ4n) is 7.82. The van der Waals surface area contributed by atoms with Gasteiger partial charge in [-0.15, -0.1) is 6.42 Å². The number of fused-ring (bicyclic) bond motifs is 5. The molecule has 7 atom stereocenters. The van der Waals surface area contributed by atoms with Gasteiger partial charge in [-0.2, -0.15) is 0 Å². The van der Waals surface area contributed by atoms with Gasteiger partial charge in [-0.05, 0) is 101 Å². The first-order chi connectivity index (χ1) is 14.2. The average molecular weight is 430 g/mol. The minimum Gasteiger partial charge on any atom is -0.399 e. The van der Waals surface area contributed by atoms with Crippen molar-refractivity contribution in [2.24, 2.45) is 34.2 Å². The van der Waals surface area contributed by atoms with Gasteiger partial charge in [-0.3, -0.25) is 0 Å². The van der Waals surface area contributed by atoms with Crippen LogP contribution >= 0.6 is 0 Å². The van der Waals surface area contributed by atoms with Gasteiger partial charge in [0.05, 0.1) is 11.8 Å². The molecule has 0 radical (unpaired) electrons. The van der Waals surface area contributed by atoms with Crippen molar-refractivity contribution >= 4 is 14.0 Å². The first-order valence-electron chi connectivity index (χ1n) is 11.9. The SMILES string of the molecule is C#CC1(O[Si](C)(C)C)C(O)CC2C3CCC4=C/C(=N/OC)CCC4C3CCC21CC. The van der Waals surface area contributed by atoms with E-state index in [9.17, 15) is 5.11 Å². The molecule has 0 heterocycles. The van der Waals surface area contributed by atoms with Gasteiger partial charge in [0.25, 0.3) is 0 Å². The molecule has 0 aromatic heterocycles. The van der Waals surface area contributed by atoms with Crippen LogP contribution in [0.15, 0.2) is 16.8 Å². The van der Waals surface area contributed by atoms with Gasteiger partial charge in [0.15, 0.2) is 8.32 Å². The fourth-order valence-corrected chi connectivity index (χ4v) is 9.19. The molecule has 0 aromatic carbocycles. The highest BCUT2D eigenvalue weighted by atomic mass is 28.4. The molecule has 0 saturated heterocycles. The third-order valence-corrected chi connectivity index (χ3v) is 9.66. The Morgan fingerprint density at radius 1 is 1.23 bits per heavy atom. The second-order valence-electron chi connectivity index (χ2n) is 11.0. The Morgan fingerprint density at radius 2 is 2.00 bits per heavy atom. The van der Waals surface area contributed by atoms with Crippen LogP contribution in [0.4, 0.5) is 0 Å². The Bertz CT molecular complexity index is 778. The van der Waals surface area contributed by atoms with E-state index < -0.39 is 20.0 Å². The monoisotopic (exact) mass is 429 g/mol. The van der Waals surface area contributed by atoms with Gasteiger partial charge in [0.2, 0.25) is 0 Å². The van der Waals surface area contributed by atoms with Gasteiger partial charge in [-0.25, -0.2) is 0 Å². The highest BCUT2D eigenvalue weighted by Gasteiger charge is 2.68. The minimum absolute atomic E-state index is 0.0961. The molecule has 7 unspecified atom stereocenters. The van der Waals surface area contributed by atoms with Crippen LogP contribution in [0.3, 0.4) is 0 Å². The average Bonchev–Trinajstić information content (AvgIpc) is 2.95. The Balaban J connectivity index is 1.67. The topological polar surface area (TPSA) is 51.0 Å². The van der Waals surface area contributed by atoms with E-state index in [0.717, 1.165) is 37.8 Å². The summed E-state index contributed by atoms with van der Waals surface area (Å²) in [6.07, 6.45) is 16.5. The summed E-state index contributed by atoms with van der Waals surface area (Å²) < 4.78 is 6.75. The largest absolute Gasteiger partial charge is 0.399 e. The molecule has 0 aromatic rings. The molecule has 0 bridgehead atoms. The van der Waals surface area contributed by atoms with Crippen molar-refractivity contribution in [1.82, 2.24) is 0 Å². The zero-order valence-electron chi connectivity index (χ0n) is 19.4. The van der Waals surface area contributed by atoms with Crippen molar-refractivity contribution in [2.45, 2.75) is 89.6 Å². The van der Waals surface area contributed by atoms with E-state index in [0.29, 0.717) is 23.7 Å². The van der Waals surface area contributed by atoms with Crippen molar-refractivity contribution < 1.29 is 14.4 Å². The van der Waals surface area contributed by atoms with Gasteiger partial charge in [0, 0.05) is 5.41 Å². The predicted molar refractivity (Wildman–Crippen MR) is 124 cm³/mol. The molecular formula is C25H39NO3Si. The number of hydrogen-bond acceptors (Lipinski definition) is 4. The summed E-state index contributed by atoms with van der Waals surface area (Å²) in [6.45, 7) is 8.85. The van der Waals surface area contributed by atoms with Gasteiger partial charge in [-0.1, -0.05) is 23.6 Å². The first kappa shape index (κ1) is 22.1. The van der Waals surface area contributed by atoms with Gasteiger partial charge >= 0.3 is 0 Å². The molecule has 1 N–H and O–H groups in total. The van der Waals surface area contributed by atoms with Gasteiger partial charge < -0.3 is 14.4 Å². The summed E-state index contributed by atoms with van der Waals surface area (Å²) in [7, 11) is -0.290. The molecule has 4 aliphatic carbocycles. The molecule has 4 rings (SSSR count). The highest BCUT2D eigenvalue weighted by Crippen LogP contribution is 2.67. The second-order valence-corrected chi connectivity index (χ2v) is 15.4. The van der Waals surface area contributed by atoms with E-state index in [1.165, 1.54) is 19.3 Å².